The van der Waals surface area contributed by atoms with Crippen LogP contribution in [0.4, 0.5) is 13.2 Å². The van der Waals surface area contributed by atoms with E-state index in [2.05, 4.69) is 5.32 Å². The fourth-order valence-electron chi connectivity index (χ4n) is 1.45. The summed E-state index contributed by atoms with van der Waals surface area (Å²) >= 11 is 5.67. The van der Waals surface area contributed by atoms with Crippen molar-refractivity contribution in [2.75, 3.05) is 5.88 Å². The number of carbonyl (C=O) groups is 1. The van der Waals surface area contributed by atoms with Crippen LogP contribution in [0.25, 0.3) is 0 Å². The third kappa shape index (κ3) is 5.11. The van der Waals surface area contributed by atoms with Gasteiger partial charge in [0.1, 0.15) is 0 Å². The molecule has 1 rings (SSSR count). The second-order valence-corrected chi connectivity index (χ2v) is 5.20. The summed E-state index contributed by atoms with van der Waals surface area (Å²) in [7, 11) is 0. The van der Waals surface area contributed by atoms with Crippen molar-refractivity contribution in [1.82, 2.24) is 5.32 Å². The molecule has 19 heavy (non-hydrogen) atoms. The van der Waals surface area contributed by atoms with Crippen LogP contribution >= 0.6 is 11.6 Å². The molecule has 0 spiro atoms. The Balaban J connectivity index is 2.66. The first kappa shape index (κ1) is 15.8. The van der Waals surface area contributed by atoms with Crippen LogP contribution in [-0.4, -0.2) is 17.3 Å². The van der Waals surface area contributed by atoms with E-state index in [4.69, 9.17) is 11.6 Å². The maximum Gasteiger partial charge on any atom is 0.416 e. The number of alkyl halides is 4. The van der Waals surface area contributed by atoms with E-state index < -0.39 is 17.3 Å². The Morgan fingerprint density at radius 3 is 2.16 bits per heavy atom. The Bertz CT molecular complexity index is 440. The molecule has 0 unspecified atom stereocenters. The molecule has 1 aromatic carbocycles. The van der Waals surface area contributed by atoms with Crippen molar-refractivity contribution in [3.8, 4) is 0 Å². The molecule has 0 aliphatic heterocycles. The Morgan fingerprint density at radius 2 is 1.74 bits per heavy atom. The molecular formula is C13H15ClF3NO. The minimum Gasteiger partial charge on any atom is -0.350 e. The molecule has 0 atom stereocenters. The van der Waals surface area contributed by atoms with Crippen LogP contribution in [0.5, 0.6) is 0 Å². The summed E-state index contributed by atoms with van der Waals surface area (Å²) in [5.41, 5.74) is -0.738. The average molecular weight is 294 g/mol. The number of carbonyl (C=O) groups excluding carboxylic acids is 1. The van der Waals surface area contributed by atoms with Gasteiger partial charge in [-0.2, -0.15) is 13.2 Å². The molecule has 0 fully saturated rings. The van der Waals surface area contributed by atoms with Gasteiger partial charge in [0.15, 0.2) is 0 Å². The Hall–Kier alpha value is -1.23. The summed E-state index contributed by atoms with van der Waals surface area (Å²) in [5, 5.41) is 2.71. The minimum absolute atomic E-state index is 0.0262. The molecular weight excluding hydrogens is 279 g/mol. The predicted molar refractivity (Wildman–Crippen MR) is 68.1 cm³/mol. The van der Waals surface area contributed by atoms with Gasteiger partial charge in [-0.3, -0.25) is 4.79 Å². The number of amides is 1. The zero-order chi connectivity index (χ0) is 14.7. The van der Waals surface area contributed by atoms with Crippen molar-refractivity contribution in [3.63, 3.8) is 0 Å². The van der Waals surface area contributed by atoms with Gasteiger partial charge in [-0.15, -0.1) is 11.6 Å². The van der Waals surface area contributed by atoms with E-state index in [9.17, 15) is 18.0 Å². The molecule has 0 saturated carbocycles. The summed E-state index contributed by atoms with van der Waals surface area (Å²) in [6.07, 6.45) is -4.33. The van der Waals surface area contributed by atoms with E-state index in [1.54, 1.807) is 13.8 Å². The van der Waals surface area contributed by atoms with Crippen LogP contribution in [0.15, 0.2) is 24.3 Å². The number of benzene rings is 1. The van der Waals surface area contributed by atoms with Gasteiger partial charge in [0.2, 0.25) is 5.91 Å². The maximum atomic E-state index is 12.4. The van der Waals surface area contributed by atoms with Crippen LogP contribution in [0.2, 0.25) is 0 Å². The smallest absolute Gasteiger partial charge is 0.350 e. The number of halogens is 4. The molecule has 0 aliphatic rings. The lowest BCUT2D eigenvalue weighted by molar-refractivity contribution is -0.137. The van der Waals surface area contributed by atoms with Gasteiger partial charge in [0.25, 0.3) is 0 Å². The molecule has 0 heterocycles. The van der Waals surface area contributed by atoms with Gasteiger partial charge in [-0.25, -0.2) is 0 Å². The van der Waals surface area contributed by atoms with Gasteiger partial charge in [-0.05, 0) is 31.5 Å². The number of hydrogen-bond donors (Lipinski definition) is 1. The summed E-state index contributed by atoms with van der Waals surface area (Å²) < 4.78 is 37.1. The van der Waals surface area contributed by atoms with E-state index in [0.29, 0.717) is 5.56 Å². The molecule has 6 heteroatoms. The first-order valence-electron chi connectivity index (χ1n) is 5.67. The quantitative estimate of drug-likeness (QED) is 0.847. The Kier molecular flexibility index (Phi) is 4.85. The highest BCUT2D eigenvalue weighted by Crippen LogP contribution is 2.29. The van der Waals surface area contributed by atoms with E-state index in [-0.39, 0.29) is 18.2 Å². The van der Waals surface area contributed by atoms with Crippen molar-refractivity contribution in [3.05, 3.63) is 35.4 Å². The lowest BCUT2D eigenvalue weighted by Gasteiger charge is -2.23. The van der Waals surface area contributed by atoms with Crippen LogP contribution in [0, 0.1) is 0 Å². The summed E-state index contributed by atoms with van der Waals surface area (Å²) in [6.45, 7) is 3.54. The van der Waals surface area contributed by atoms with Crippen LogP contribution < -0.4 is 5.32 Å². The standard InChI is InChI=1S/C13H15ClF3NO/c1-12(2,8-14)18-11(19)7-9-3-5-10(6-4-9)13(15,16)17/h3-6H,7-8H2,1-2H3,(H,18,19). The van der Waals surface area contributed by atoms with E-state index >= 15 is 0 Å². The summed E-state index contributed by atoms with van der Waals surface area (Å²) in [5.74, 6) is -0.0171. The van der Waals surface area contributed by atoms with Crippen molar-refractivity contribution in [2.24, 2.45) is 0 Å². The van der Waals surface area contributed by atoms with Crippen LogP contribution in [0.3, 0.4) is 0 Å². The van der Waals surface area contributed by atoms with Crippen LogP contribution in [0.1, 0.15) is 25.0 Å². The molecule has 2 nitrogen and oxygen atoms in total. The van der Waals surface area contributed by atoms with Gasteiger partial charge < -0.3 is 5.32 Å². The molecule has 0 aliphatic carbocycles. The zero-order valence-corrected chi connectivity index (χ0v) is 11.4. The fourth-order valence-corrected chi connectivity index (χ4v) is 1.52. The molecule has 0 aromatic heterocycles. The first-order chi connectivity index (χ1) is 8.64. The van der Waals surface area contributed by atoms with Crippen molar-refractivity contribution < 1.29 is 18.0 Å². The normalized spacial score (nSPS) is 12.3. The minimum atomic E-state index is -4.36. The second kappa shape index (κ2) is 5.82. The maximum absolute atomic E-state index is 12.4. The lowest BCUT2D eigenvalue weighted by atomic mass is 10.1. The van der Waals surface area contributed by atoms with Crippen LogP contribution in [-0.2, 0) is 17.4 Å². The number of nitrogens with one attached hydrogen (secondary N) is 1. The highest BCUT2D eigenvalue weighted by atomic mass is 35.5. The first-order valence-corrected chi connectivity index (χ1v) is 6.20. The van der Waals surface area contributed by atoms with Gasteiger partial charge >= 0.3 is 6.18 Å². The number of hydrogen-bond acceptors (Lipinski definition) is 1. The lowest BCUT2D eigenvalue weighted by Crippen LogP contribution is -2.45. The van der Waals surface area contributed by atoms with Crippen molar-refractivity contribution in [1.29, 1.82) is 0 Å². The number of rotatable bonds is 4. The molecule has 1 aromatic rings. The molecule has 0 saturated heterocycles. The zero-order valence-electron chi connectivity index (χ0n) is 10.6. The van der Waals surface area contributed by atoms with E-state index in [1.807, 2.05) is 0 Å². The molecule has 1 amide bonds. The van der Waals surface area contributed by atoms with Gasteiger partial charge in [-0.1, -0.05) is 12.1 Å². The third-order valence-electron chi connectivity index (χ3n) is 2.46. The molecule has 0 bridgehead atoms. The Morgan fingerprint density at radius 1 is 1.21 bits per heavy atom. The monoisotopic (exact) mass is 293 g/mol. The molecule has 1 N–H and O–H groups in total. The largest absolute Gasteiger partial charge is 0.416 e. The summed E-state index contributed by atoms with van der Waals surface area (Å²) in [4.78, 5) is 11.7. The SMILES string of the molecule is CC(C)(CCl)NC(=O)Cc1ccc(C(F)(F)F)cc1. The highest BCUT2D eigenvalue weighted by molar-refractivity contribution is 6.18. The third-order valence-corrected chi connectivity index (χ3v) is 3.13. The molecule has 106 valence electrons. The van der Waals surface area contributed by atoms with Gasteiger partial charge in [0.05, 0.1) is 12.0 Å². The van der Waals surface area contributed by atoms with Gasteiger partial charge in [0, 0.05) is 11.4 Å². The van der Waals surface area contributed by atoms with Crippen molar-refractivity contribution in [2.45, 2.75) is 32.0 Å². The second-order valence-electron chi connectivity index (χ2n) is 4.94. The highest BCUT2D eigenvalue weighted by Gasteiger charge is 2.30. The predicted octanol–water partition coefficient (Wildman–Crippen LogP) is 3.38. The fraction of sp³-hybridized carbons (Fsp3) is 0.462. The Labute approximate surface area is 114 Å². The van der Waals surface area contributed by atoms with E-state index in [1.165, 1.54) is 12.1 Å². The summed E-state index contributed by atoms with van der Waals surface area (Å²) in [6, 6.07) is 4.54. The van der Waals surface area contributed by atoms with E-state index in [0.717, 1.165) is 12.1 Å². The van der Waals surface area contributed by atoms with Crippen molar-refractivity contribution >= 4 is 17.5 Å². The topological polar surface area (TPSA) is 29.1 Å². The molecule has 0 radical (unpaired) electrons. The average Bonchev–Trinajstić information content (AvgIpc) is 2.27.